The molecule has 0 saturated heterocycles. The largest absolute Gasteiger partial charge is 0.497 e. The number of imidazole rings is 1. The van der Waals surface area contributed by atoms with Crippen molar-refractivity contribution < 1.29 is 4.74 Å². The first-order chi connectivity index (χ1) is 7.78. The summed E-state index contributed by atoms with van der Waals surface area (Å²) in [4.78, 5) is 8.47. The van der Waals surface area contributed by atoms with Gasteiger partial charge in [-0.25, -0.2) is 4.98 Å². The molecular weight excluding hydrogens is 202 g/mol. The molecule has 1 aromatic heterocycles. The molecule has 0 N–H and O–H groups in total. The van der Waals surface area contributed by atoms with Gasteiger partial charge in [-0.2, -0.15) is 0 Å². The summed E-state index contributed by atoms with van der Waals surface area (Å²) in [6, 6.07) is 7.59. The Balaban J connectivity index is 2.16. The third kappa shape index (κ3) is 2.48. The predicted molar refractivity (Wildman–Crippen MR) is 63.5 cm³/mol. The van der Waals surface area contributed by atoms with E-state index in [1.165, 1.54) is 0 Å². The number of ether oxygens (including phenoxy) is 1. The number of benzene rings is 1. The van der Waals surface area contributed by atoms with E-state index in [0.717, 1.165) is 17.1 Å². The highest BCUT2D eigenvalue weighted by molar-refractivity contribution is 5.79. The Labute approximate surface area is 94.2 Å². The lowest BCUT2D eigenvalue weighted by Crippen LogP contribution is -1.82. The van der Waals surface area contributed by atoms with Crippen molar-refractivity contribution >= 4 is 11.9 Å². The molecule has 0 saturated carbocycles. The van der Waals surface area contributed by atoms with E-state index in [0.29, 0.717) is 0 Å². The zero-order chi connectivity index (χ0) is 11.4. The van der Waals surface area contributed by atoms with Gasteiger partial charge in [0.05, 0.1) is 31.0 Å². The lowest BCUT2D eigenvalue weighted by molar-refractivity contribution is 0.415. The SMILES string of the molecule is COc1cccc(N=Cc2cn(C)cn2)c1. The summed E-state index contributed by atoms with van der Waals surface area (Å²) in [6.07, 6.45) is 5.38. The van der Waals surface area contributed by atoms with Crippen LogP contribution in [0, 0.1) is 0 Å². The van der Waals surface area contributed by atoms with Crippen LogP contribution in [0.3, 0.4) is 0 Å². The normalized spacial score (nSPS) is 10.9. The van der Waals surface area contributed by atoms with E-state index in [4.69, 9.17) is 4.74 Å². The van der Waals surface area contributed by atoms with E-state index in [2.05, 4.69) is 9.98 Å². The molecule has 4 heteroatoms. The van der Waals surface area contributed by atoms with Crippen molar-refractivity contribution in [3.8, 4) is 5.75 Å². The van der Waals surface area contributed by atoms with E-state index >= 15 is 0 Å². The van der Waals surface area contributed by atoms with Gasteiger partial charge in [-0.15, -0.1) is 0 Å². The lowest BCUT2D eigenvalue weighted by Gasteiger charge is -1.98. The fourth-order valence-electron chi connectivity index (χ4n) is 1.33. The van der Waals surface area contributed by atoms with Crippen molar-refractivity contribution in [2.45, 2.75) is 0 Å². The molecule has 0 fully saturated rings. The summed E-state index contributed by atoms with van der Waals surface area (Å²) in [5.74, 6) is 0.802. The Morgan fingerprint density at radius 3 is 3.00 bits per heavy atom. The first-order valence-electron chi connectivity index (χ1n) is 4.94. The van der Waals surface area contributed by atoms with Crippen LogP contribution in [0.4, 0.5) is 5.69 Å². The Kier molecular flexibility index (Phi) is 3.00. The van der Waals surface area contributed by atoms with E-state index in [1.54, 1.807) is 19.7 Å². The number of rotatable bonds is 3. The van der Waals surface area contributed by atoms with Crippen molar-refractivity contribution in [2.75, 3.05) is 7.11 Å². The first kappa shape index (κ1) is 10.4. The van der Waals surface area contributed by atoms with Gasteiger partial charge in [0.1, 0.15) is 5.75 Å². The van der Waals surface area contributed by atoms with Gasteiger partial charge in [0, 0.05) is 19.3 Å². The smallest absolute Gasteiger partial charge is 0.121 e. The number of nitrogens with zero attached hydrogens (tertiary/aromatic N) is 3. The summed E-state index contributed by atoms with van der Waals surface area (Å²) in [7, 11) is 3.57. The topological polar surface area (TPSA) is 39.4 Å². The highest BCUT2D eigenvalue weighted by atomic mass is 16.5. The Hall–Kier alpha value is -2.10. The average Bonchev–Trinajstić information content (AvgIpc) is 2.73. The van der Waals surface area contributed by atoms with E-state index in [1.807, 2.05) is 42.1 Å². The Morgan fingerprint density at radius 1 is 1.44 bits per heavy atom. The van der Waals surface area contributed by atoms with Crippen LogP contribution in [0.25, 0.3) is 0 Å². The monoisotopic (exact) mass is 215 g/mol. The van der Waals surface area contributed by atoms with Crippen LogP contribution >= 0.6 is 0 Å². The second-order valence-electron chi connectivity index (χ2n) is 3.42. The van der Waals surface area contributed by atoms with Crippen LogP contribution < -0.4 is 4.74 Å². The molecule has 1 aromatic carbocycles. The summed E-state index contributed by atoms with van der Waals surface area (Å²) >= 11 is 0. The minimum Gasteiger partial charge on any atom is -0.497 e. The molecule has 1 heterocycles. The Morgan fingerprint density at radius 2 is 2.31 bits per heavy atom. The summed E-state index contributed by atoms with van der Waals surface area (Å²) in [5, 5.41) is 0. The minimum atomic E-state index is 0.802. The highest BCUT2D eigenvalue weighted by Crippen LogP contribution is 2.19. The van der Waals surface area contributed by atoms with Crippen molar-refractivity contribution in [1.82, 2.24) is 9.55 Å². The molecule has 16 heavy (non-hydrogen) atoms. The summed E-state index contributed by atoms with van der Waals surface area (Å²) in [6.45, 7) is 0. The molecule has 0 amide bonds. The van der Waals surface area contributed by atoms with Crippen LogP contribution in [0.2, 0.25) is 0 Å². The lowest BCUT2D eigenvalue weighted by atomic mass is 10.3. The van der Waals surface area contributed by atoms with Gasteiger partial charge in [-0.3, -0.25) is 4.99 Å². The maximum absolute atomic E-state index is 5.12. The van der Waals surface area contributed by atoms with Crippen LogP contribution in [0.1, 0.15) is 5.69 Å². The average molecular weight is 215 g/mol. The zero-order valence-corrected chi connectivity index (χ0v) is 9.29. The van der Waals surface area contributed by atoms with Gasteiger partial charge in [-0.05, 0) is 12.1 Å². The van der Waals surface area contributed by atoms with Crippen molar-refractivity contribution in [2.24, 2.45) is 12.0 Å². The number of hydrogen-bond donors (Lipinski definition) is 0. The maximum Gasteiger partial charge on any atom is 0.121 e. The van der Waals surface area contributed by atoms with Gasteiger partial charge < -0.3 is 9.30 Å². The molecule has 4 nitrogen and oxygen atoms in total. The molecule has 2 rings (SSSR count). The van der Waals surface area contributed by atoms with Crippen molar-refractivity contribution in [1.29, 1.82) is 0 Å². The van der Waals surface area contributed by atoms with Crippen molar-refractivity contribution in [3.63, 3.8) is 0 Å². The number of aryl methyl sites for hydroxylation is 1. The maximum atomic E-state index is 5.12. The van der Waals surface area contributed by atoms with Gasteiger partial charge in [-0.1, -0.05) is 6.07 Å². The third-order valence-corrected chi connectivity index (χ3v) is 2.12. The molecule has 0 radical (unpaired) electrons. The van der Waals surface area contributed by atoms with E-state index in [9.17, 15) is 0 Å². The molecule has 0 bridgehead atoms. The highest BCUT2D eigenvalue weighted by Gasteiger charge is 1.94. The molecule has 82 valence electrons. The molecule has 0 unspecified atom stereocenters. The van der Waals surface area contributed by atoms with Gasteiger partial charge >= 0.3 is 0 Å². The van der Waals surface area contributed by atoms with Crippen LogP contribution in [0.15, 0.2) is 41.8 Å². The molecule has 0 aliphatic rings. The predicted octanol–water partition coefficient (Wildman–Crippen LogP) is 2.18. The number of aromatic nitrogens is 2. The fraction of sp³-hybridized carbons (Fsp3) is 0.167. The summed E-state index contributed by atoms with van der Waals surface area (Å²) in [5.41, 5.74) is 1.69. The van der Waals surface area contributed by atoms with E-state index in [-0.39, 0.29) is 0 Å². The standard InChI is InChI=1S/C12H13N3O/c1-15-8-11(14-9-15)7-13-10-4-3-5-12(6-10)16-2/h3-9H,1-2H3. The third-order valence-electron chi connectivity index (χ3n) is 2.12. The molecule has 2 aromatic rings. The zero-order valence-electron chi connectivity index (χ0n) is 9.29. The molecule has 0 spiro atoms. The van der Waals surface area contributed by atoms with Gasteiger partial charge in [0.2, 0.25) is 0 Å². The number of aliphatic imine (C=N–C) groups is 1. The Bertz CT molecular complexity index is 502. The van der Waals surface area contributed by atoms with Crippen LogP contribution in [-0.2, 0) is 7.05 Å². The van der Waals surface area contributed by atoms with E-state index < -0.39 is 0 Å². The molecule has 0 atom stereocenters. The second-order valence-corrected chi connectivity index (χ2v) is 3.42. The first-order valence-corrected chi connectivity index (χ1v) is 4.94. The fourth-order valence-corrected chi connectivity index (χ4v) is 1.33. The summed E-state index contributed by atoms with van der Waals surface area (Å²) < 4.78 is 7.00. The van der Waals surface area contributed by atoms with Gasteiger partial charge in [0.25, 0.3) is 0 Å². The van der Waals surface area contributed by atoms with Crippen LogP contribution in [0.5, 0.6) is 5.75 Å². The molecule has 0 aliphatic carbocycles. The van der Waals surface area contributed by atoms with Crippen LogP contribution in [-0.4, -0.2) is 22.9 Å². The number of hydrogen-bond acceptors (Lipinski definition) is 3. The number of methoxy groups -OCH3 is 1. The molecule has 0 aliphatic heterocycles. The second kappa shape index (κ2) is 4.61. The minimum absolute atomic E-state index is 0.802. The van der Waals surface area contributed by atoms with Crippen molar-refractivity contribution in [3.05, 3.63) is 42.5 Å². The van der Waals surface area contributed by atoms with Gasteiger partial charge in [0.15, 0.2) is 0 Å². The quantitative estimate of drug-likeness (QED) is 0.736. The molecular formula is C12H13N3O.